The quantitative estimate of drug-likeness (QED) is 0.637. The fourth-order valence-electron chi connectivity index (χ4n) is 3.18. The Bertz CT molecular complexity index is 1090. The van der Waals surface area contributed by atoms with Crippen molar-refractivity contribution >= 4 is 16.9 Å². The fraction of sp³-hybridized carbons (Fsp3) is 0.300. The van der Waals surface area contributed by atoms with E-state index in [0.29, 0.717) is 28.3 Å². The molecule has 5 rings (SSSR count). The van der Waals surface area contributed by atoms with E-state index >= 15 is 0 Å². The van der Waals surface area contributed by atoms with Gasteiger partial charge in [-0.05, 0) is 53.4 Å². The van der Waals surface area contributed by atoms with Crippen LogP contribution in [0, 0.1) is 5.92 Å². The average Bonchev–Trinajstić information content (AvgIpc) is 3.32. The summed E-state index contributed by atoms with van der Waals surface area (Å²) in [5.41, 5.74) is 4.94. The van der Waals surface area contributed by atoms with Gasteiger partial charge in [-0.1, -0.05) is 18.2 Å². The van der Waals surface area contributed by atoms with E-state index in [1.807, 2.05) is 0 Å². The van der Waals surface area contributed by atoms with Crippen molar-refractivity contribution in [1.82, 2.24) is 10.6 Å². The van der Waals surface area contributed by atoms with Crippen molar-refractivity contribution in [1.29, 1.82) is 0 Å². The van der Waals surface area contributed by atoms with Crippen LogP contribution in [-0.4, -0.2) is 30.3 Å². The van der Waals surface area contributed by atoms with Gasteiger partial charge in [0.15, 0.2) is 18.4 Å². The summed E-state index contributed by atoms with van der Waals surface area (Å²) in [6.45, 7) is 0.103. The third-order valence-electron chi connectivity index (χ3n) is 4.82. The molecule has 0 radical (unpaired) electrons. The van der Waals surface area contributed by atoms with Gasteiger partial charge in [-0.3, -0.25) is 5.43 Å². The Hall–Kier alpha value is -3.43. The molecule has 2 aromatic carbocycles. The molecule has 30 heavy (non-hydrogen) atoms. The number of alkyl halides is 3. The first-order valence-corrected chi connectivity index (χ1v) is 9.32. The molecule has 1 fully saturated rings. The Labute approximate surface area is 168 Å². The molecule has 1 aliphatic carbocycles. The topological polar surface area (TPSA) is 78.1 Å². The molecule has 0 spiro atoms. The third-order valence-corrected chi connectivity index (χ3v) is 4.82. The highest BCUT2D eigenvalue weighted by atomic mass is 19.4. The van der Waals surface area contributed by atoms with Crippen LogP contribution >= 0.6 is 0 Å². The van der Waals surface area contributed by atoms with Crippen molar-refractivity contribution in [3.05, 3.63) is 42.5 Å². The molecule has 1 aliphatic heterocycles. The average molecular weight is 419 g/mol. The lowest BCUT2D eigenvalue weighted by atomic mass is 10.0. The van der Waals surface area contributed by atoms with Gasteiger partial charge in [0.2, 0.25) is 5.90 Å². The molecule has 1 aromatic heterocycles. The van der Waals surface area contributed by atoms with E-state index in [1.165, 1.54) is 12.1 Å². The first-order valence-electron chi connectivity index (χ1n) is 9.32. The van der Waals surface area contributed by atoms with Crippen LogP contribution in [0.1, 0.15) is 12.8 Å². The number of nitrogens with zero attached hydrogens (tertiary/aromatic N) is 2. The number of ether oxygens (including phenoxy) is 3. The van der Waals surface area contributed by atoms with E-state index in [9.17, 15) is 13.2 Å². The van der Waals surface area contributed by atoms with E-state index in [-0.39, 0.29) is 24.5 Å². The van der Waals surface area contributed by atoms with Crippen molar-refractivity contribution in [3.63, 3.8) is 0 Å². The van der Waals surface area contributed by atoms with Crippen molar-refractivity contribution in [2.24, 2.45) is 11.0 Å². The summed E-state index contributed by atoms with van der Waals surface area (Å²) < 4.78 is 57.6. The first-order chi connectivity index (χ1) is 14.4. The number of rotatable bonds is 6. The number of benzene rings is 2. The summed E-state index contributed by atoms with van der Waals surface area (Å²) in [4.78, 5) is 0. The van der Waals surface area contributed by atoms with Crippen LogP contribution < -0.4 is 14.9 Å². The molecule has 1 atom stereocenters. The van der Waals surface area contributed by atoms with Crippen LogP contribution in [0.2, 0.25) is 0 Å². The molecule has 7 nitrogen and oxygen atoms in total. The maximum Gasteiger partial charge on any atom is 0.573 e. The Morgan fingerprint density at radius 3 is 2.57 bits per heavy atom. The SMILES string of the molecule is FC(F)(F)Oc1ccc(-c2ccc3onc(OCC4=NNC(C5CC5)O4)c3c2)cc1. The summed E-state index contributed by atoms with van der Waals surface area (Å²) in [7, 11) is 0. The van der Waals surface area contributed by atoms with E-state index in [4.69, 9.17) is 14.0 Å². The lowest BCUT2D eigenvalue weighted by molar-refractivity contribution is -0.274. The zero-order valence-electron chi connectivity index (χ0n) is 15.5. The van der Waals surface area contributed by atoms with E-state index in [1.54, 1.807) is 30.3 Å². The van der Waals surface area contributed by atoms with Crippen LogP contribution in [0.25, 0.3) is 22.1 Å². The van der Waals surface area contributed by atoms with Crippen LogP contribution in [0.4, 0.5) is 13.2 Å². The molecule has 2 aliphatic rings. The second-order valence-corrected chi connectivity index (χ2v) is 7.07. The Morgan fingerprint density at radius 1 is 1.07 bits per heavy atom. The zero-order chi connectivity index (χ0) is 20.7. The van der Waals surface area contributed by atoms with Gasteiger partial charge in [0.25, 0.3) is 5.88 Å². The van der Waals surface area contributed by atoms with Gasteiger partial charge >= 0.3 is 6.36 Å². The molecule has 0 amide bonds. The minimum atomic E-state index is -4.73. The Balaban J connectivity index is 1.30. The number of aromatic nitrogens is 1. The number of halogens is 3. The summed E-state index contributed by atoms with van der Waals surface area (Å²) in [5, 5.41) is 8.70. The summed E-state index contributed by atoms with van der Waals surface area (Å²) >= 11 is 0. The van der Waals surface area contributed by atoms with Gasteiger partial charge in [-0.15, -0.1) is 18.3 Å². The van der Waals surface area contributed by atoms with E-state index < -0.39 is 6.36 Å². The number of hydrogen-bond donors (Lipinski definition) is 1. The molecule has 0 saturated heterocycles. The zero-order valence-corrected chi connectivity index (χ0v) is 15.5. The molecule has 156 valence electrons. The molecule has 0 bridgehead atoms. The van der Waals surface area contributed by atoms with Gasteiger partial charge in [0.05, 0.1) is 5.39 Å². The highest BCUT2D eigenvalue weighted by molar-refractivity contribution is 5.87. The fourth-order valence-corrected chi connectivity index (χ4v) is 3.18. The lowest BCUT2D eigenvalue weighted by Gasteiger charge is -2.09. The maximum atomic E-state index is 12.3. The van der Waals surface area contributed by atoms with E-state index in [0.717, 1.165) is 18.4 Å². The predicted molar refractivity (Wildman–Crippen MR) is 99.8 cm³/mol. The monoisotopic (exact) mass is 419 g/mol. The highest BCUT2D eigenvalue weighted by Crippen LogP contribution is 2.35. The summed E-state index contributed by atoms with van der Waals surface area (Å²) in [6.07, 6.45) is -2.56. The normalized spacial score (nSPS) is 18.6. The number of hydrazone groups is 1. The number of hydrogen-bond acceptors (Lipinski definition) is 7. The maximum absolute atomic E-state index is 12.3. The van der Waals surface area contributed by atoms with Crippen molar-refractivity contribution in [3.8, 4) is 22.8 Å². The molecule has 1 saturated carbocycles. The van der Waals surface area contributed by atoms with Crippen LogP contribution in [-0.2, 0) is 4.74 Å². The Morgan fingerprint density at radius 2 is 1.83 bits per heavy atom. The molecule has 1 unspecified atom stereocenters. The third kappa shape index (κ3) is 3.98. The van der Waals surface area contributed by atoms with E-state index in [2.05, 4.69) is 20.4 Å². The van der Waals surface area contributed by atoms with Crippen molar-refractivity contribution in [2.45, 2.75) is 25.4 Å². The Kier molecular flexibility index (Phi) is 4.41. The second kappa shape index (κ2) is 7.12. The van der Waals surface area contributed by atoms with Gasteiger partial charge < -0.3 is 18.7 Å². The van der Waals surface area contributed by atoms with Crippen molar-refractivity contribution in [2.75, 3.05) is 6.61 Å². The minimum Gasteiger partial charge on any atom is -0.465 e. The second-order valence-electron chi connectivity index (χ2n) is 7.07. The summed E-state index contributed by atoms with van der Waals surface area (Å²) in [5.74, 6) is 0.941. The van der Waals surface area contributed by atoms with Gasteiger partial charge in [0.1, 0.15) is 5.75 Å². The highest BCUT2D eigenvalue weighted by Gasteiger charge is 2.36. The standard InChI is InChI=1S/C20H16F3N3O4/c21-20(22,23)29-14-6-3-11(4-7-14)13-5-8-16-15(9-13)19(26-30-16)27-10-17-24-25-18(28-17)12-1-2-12/h3-9,12,18,25H,1-2,10H2. The molecule has 3 aromatic rings. The molecule has 10 heteroatoms. The van der Waals surface area contributed by atoms with Crippen LogP contribution in [0.5, 0.6) is 11.6 Å². The van der Waals surface area contributed by atoms with Gasteiger partial charge in [0, 0.05) is 5.92 Å². The molecule has 1 N–H and O–H groups in total. The number of nitrogens with one attached hydrogen (secondary N) is 1. The largest absolute Gasteiger partial charge is 0.573 e. The minimum absolute atomic E-state index is 0.0893. The smallest absolute Gasteiger partial charge is 0.465 e. The predicted octanol–water partition coefficient (Wildman–Crippen LogP) is 4.44. The molecular weight excluding hydrogens is 403 g/mol. The van der Waals surface area contributed by atoms with Crippen LogP contribution in [0.3, 0.4) is 0 Å². The van der Waals surface area contributed by atoms with Crippen LogP contribution in [0.15, 0.2) is 52.1 Å². The van der Waals surface area contributed by atoms with Crippen molar-refractivity contribution < 1.29 is 31.9 Å². The first kappa shape index (κ1) is 18.6. The molecule has 2 heterocycles. The summed E-state index contributed by atoms with van der Waals surface area (Å²) in [6, 6.07) is 10.9. The molecular formula is C20H16F3N3O4. The van der Waals surface area contributed by atoms with Gasteiger partial charge in [-0.2, -0.15) is 0 Å². The van der Waals surface area contributed by atoms with Gasteiger partial charge in [-0.25, -0.2) is 0 Å². The lowest BCUT2D eigenvalue weighted by Crippen LogP contribution is -2.24. The number of fused-ring (bicyclic) bond motifs is 1.